The molecule has 12 heteroatoms. The predicted octanol–water partition coefficient (Wildman–Crippen LogP) is 1.94. The summed E-state index contributed by atoms with van der Waals surface area (Å²) in [5, 5.41) is 7.12. The van der Waals surface area contributed by atoms with Crippen LogP contribution in [-0.4, -0.2) is 33.5 Å². The molecule has 3 N–H and O–H groups in total. The maximum absolute atomic E-state index is 12.5. The summed E-state index contributed by atoms with van der Waals surface area (Å²) in [7, 11) is -0.628. The molecule has 0 aliphatic rings. The molecule has 0 amide bonds. The van der Waals surface area contributed by atoms with Crippen molar-refractivity contribution < 1.29 is 21.6 Å². The molecule has 0 spiro atoms. The first-order valence-corrected chi connectivity index (χ1v) is 10.0. The third-order valence-corrected chi connectivity index (χ3v) is 5.71. The van der Waals surface area contributed by atoms with Gasteiger partial charge in [-0.25, -0.2) is 18.1 Å². The van der Waals surface area contributed by atoms with Gasteiger partial charge >= 0.3 is 6.18 Å². The molecule has 0 aliphatic carbocycles. The second-order valence-electron chi connectivity index (χ2n) is 5.26. The number of aromatic nitrogens is 1. The summed E-state index contributed by atoms with van der Waals surface area (Å²) in [6, 6.07) is 6.27. The monoisotopic (exact) mass is 421 g/mol. The summed E-state index contributed by atoms with van der Waals surface area (Å²) in [5.74, 6) is 0.380. The number of alkyl halides is 3. The lowest BCUT2D eigenvalue weighted by atomic mass is 10.2. The van der Waals surface area contributed by atoms with E-state index < -0.39 is 21.9 Å². The van der Waals surface area contributed by atoms with E-state index in [0.717, 1.165) is 22.3 Å². The van der Waals surface area contributed by atoms with E-state index >= 15 is 0 Å². The topological polar surface area (TPSA) is 95.5 Å². The standard InChI is InChI=1S/C15H18F3N5O2S2/c1-19-14(22-8-13-23-12(9-26-13)15(16,17)18)21-7-10-3-5-11(6-4-10)27(24,25)20-2/h3-6,9,20H,7-8H2,1-2H3,(H2,19,21,22). The molecule has 1 heterocycles. The zero-order chi connectivity index (χ0) is 20.1. The molecule has 0 saturated heterocycles. The smallest absolute Gasteiger partial charge is 0.352 e. The quantitative estimate of drug-likeness (QED) is 0.489. The molecule has 0 saturated carbocycles. The lowest BCUT2D eigenvalue weighted by molar-refractivity contribution is -0.140. The van der Waals surface area contributed by atoms with Crippen LogP contribution < -0.4 is 15.4 Å². The van der Waals surface area contributed by atoms with Crippen molar-refractivity contribution in [2.45, 2.75) is 24.2 Å². The van der Waals surface area contributed by atoms with Crippen LogP contribution in [0.15, 0.2) is 39.5 Å². The number of nitrogens with zero attached hydrogens (tertiary/aromatic N) is 2. The van der Waals surface area contributed by atoms with E-state index in [1.165, 1.54) is 26.2 Å². The number of halogens is 3. The second kappa shape index (κ2) is 8.67. The van der Waals surface area contributed by atoms with Crippen LogP contribution in [0.2, 0.25) is 0 Å². The van der Waals surface area contributed by atoms with Crippen LogP contribution in [0, 0.1) is 0 Å². The maximum atomic E-state index is 12.5. The predicted molar refractivity (Wildman–Crippen MR) is 96.8 cm³/mol. The van der Waals surface area contributed by atoms with Gasteiger partial charge in [0.1, 0.15) is 5.01 Å². The fourth-order valence-corrected chi connectivity index (χ4v) is 3.46. The number of rotatable bonds is 6. The normalized spacial score (nSPS) is 12.9. The highest BCUT2D eigenvalue weighted by atomic mass is 32.2. The SMILES string of the molecule is CN=C(NCc1ccc(S(=O)(=O)NC)cc1)NCc1nc(C(F)(F)F)cs1. The molecule has 1 aromatic carbocycles. The zero-order valence-electron chi connectivity index (χ0n) is 14.5. The van der Waals surface area contributed by atoms with Gasteiger partial charge in [0.2, 0.25) is 10.0 Å². The van der Waals surface area contributed by atoms with Gasteiger partial charge in [0.25, 0.3) is 0 Å². The molecule has 7 nitrogen and oxygen atoms in total. The van der Waals surface area contributed by atoms with E-state index in [1.807, 2.05) is 0 Å². The minimum Gasteiger partial charge on any atom is -0.352 e. The molecule has 0 unspecified atom stereocenters. The van der Waals surface area contributed by atoms with Gasteiger partial charge < -0.3 is 10.6 Å². The van der Waals surface area contributed by atoms with Crippen molar-refractivity contribution in [1.82, 2.24) is 20.3 Å². The number of thiazole rings is 1. The van der Waals surface area contributed by atoms with Crippen molar-refractivity contribution in [3.63, 3.8) is 0 Å². The highest BCUT2D eigenvalue weighted by Gasteiger charge is 2.33. The third-order valence-electron chi connectivity index (χ3n) is 3.44. The number of benzene rings is 1. The fraction of sp³-hybridized carbons (Fsp3) is 0.333. The van der Waals surface area contributed by atoms with Gasteiger partial charge in [0.05, 0.1) is 11.4 Å². The summed E-state index contributed by atoms with van der Waals surface area (Å²) in [6.45, 7) is 0.449. The Kier molecular flexibility index (Phi) is 6.78. The number of hydrogen-bond acceptors (Lipinski definition) is 5. The van der Waals surface area contributed by atoms with Crippen molar-refractivity contribution in [2.75, 3.05) is 14.1 Å². The Balaban J connectivity index is 1.90. The van der Waals surface area contributed by atoms with Gasteiger partial charge in [-0.15, -0.1) is 11.3 Å². The number of guanidine groups is 1. The molecule has 0 radical (unpaired) electrons. The van der Waals surface area contributed by atoms with Crippen molar-refractivity contribution >= 4 is 27.3 Å². The lowest BCUT2D eigenvalue weighted by Gasteiger charge is -2.11. The Bertz CT molecular complexity index is 893. The van der Waals surface area contributed by atoms with E-state index in [4.69, 9.17) is 0 Å². The number of nitrogens with one attached hydrogen (secondary N) is 3. The summed E-state index contributed by atoms with van der Waals surface area (Å²) >= 11 is 0.910. The largest absolute Gasteiger partial charge is 0.434 e. The Morgan fingerprint density at radius 3 is 2.33 bits per heavy atom. The van der Waals surface area contributed by atoms with Crippen molar-refractivity contribution in [1.29, 1.82) is 0 Å². The molecule has 2 aromatic rings. The molecule has 27 heavy (non-hydrogen) atoms. The summed E-state index contributed by atoms with van der Waals surface area (Å²) < 4.78 is 63.2. The van der Waals surface area contributed by atoms with Crippen LogP contribution in [0.25, 0.3) is 0 Å². The minimum atomic E-state index is -4.46. The molecular formula is C15H18F3N5O2S2. The van der Waals surface area contributed by atoms with Gasteiger partial charge in [0.15, 0.2) is 11.7 Å². The highest BCUT2D eigenvalue weighted by Crippen LogP contribution is 2.29. The van der Waals surface area contributed by atoms with Crippen LogP contribution in [-0.2, 0) is 29.3 Å². The molecular weight excluding hydrogens is 403 g/mol. The summed E-state index contributed by atoms with van der Waals surface area (Å²) in [5.41, 5.74) is -0.106. The van der Waals surface area contributed by atoms with Crippen molar-refractivity contribution in [3.05, 3.63) is 45.9 Å². The molecule has 0 atom stereocenters. The Labute approximate surface area is 158 Å². The molecule has 0 fully saturated rings. The molecule has 1 aromatic heterocycles. The Hall–Kier alpha value is -2.18. The first-order chi connectivity index (χ1) is 12.7. The average molecular weight is 421 g/mol. The van der Waals surface area contributed by atoms with Gasteiger partial charge in [-0.3, -0.25) is 4.99 Å². The third kappa shape index (κ3) is 5.91. The van der Waals surface area contributed by atoms with E-state index in [1.54, 1.807) is 12.1 Å². The van der Waals surface area contributed by atoms with Gasteiger partial charge in [0, 0.05) is 19.0 Å². The lowest BCUT2D eigenvalue weighted by Crippen LogP contribution is -2.36. The van der Waals surface area contributed by atoms with E-state index in [0.29, 0.717) is 12.5 Å². The second-order valence-corrected chi connectivity index (χ2v) is 8.08. The number of sulfonamides is 1. The van der Waals surface area contributed by atoms with Crippen LogP contribution in [0.4, 0.5) is 13.2 Å². The number of hydrogen-bond donors (Lipinski definition) is 3. The maximum Gasteiger partial charge on any atom is 0.434 e. The van der Waals surface area contributed by atoms with E-state index in [-0.39, 0.29) is 16.4 Å². The van der Waals surface area contributed by atoms with Crippen LogP contribution in [0.1, 0.15) is 16.3 Å². The summed E-state index contributed by atoms with van der Waals surface area (Å²) in [4.78, 5) is 7.67. The fourth-order valence-electron chi connectivity index (χ4n) is 1.99. The van der Waals surface area contributed by atoms with E-state index in [2.05, 4.69) is 25.3 Å². The molecule has 0 bridgehead atoms. The Morgan fingerprint density at radius 2 is 1.81 bits per heavy atom. The van der Waals surface area contributed by atoms with Gasteiger partial charge in [-0.05, 0) is 24.7 Å². The molecule has 0 aliphatic heterocycles. The van der Waals surface area contributed by atoms with Crippen LogP contribution in [0.3, 0.4) is 0 Å². The molecule has 148 valence electrons. The molecule has 2 rings (SSSR count). The van der Waals surface area contributed by atoms with Crippen LogP contribution >= 0.6 is 11.3 Å². The number of aliphatic imine (C=N–C) groups is 1. The highest BCUT2D eigenvalue weighted by molar-refractivity contribution is 7.89. The first kappa shape index (κ1) is 21.1. The summed E-state index contributed by atoms with van der Waals surface area (Å²) in [6.07, 6.45) is -4.46. The van der Waals surface area contributed by atoms with Gasteiger partial charge in [-0.2, -0.15) is 13.2 Å². The van der Waals surface area contributed by atoms with Crippen LogP contribution in [0.5, 0.6) is 0 Å². The Morgan fingerprint density at radius 1 is 1.19 bits per heavy atom. The zero-order valence-corrected chi connectivity index (χ0v) is 16.1. The first-order valence-electron chi connectivity index (χ1n) is 7.64. The average Bonchev–Trinajstić information content (AvgIpc) is 3.12. The van der Waals surface area contributed by atoms with E-state index in [9.17, 15) is 21.6 Å². The minimum absolute atomic E-state index is 0.0970. The van der Waals surface area contributed by atoms with Crippen molar-refractivity contribution in [3.8, 4) is 0 Å². The van der Waals surface area contributed by atoms with Gasteiger partial charge in [-0.1, -0.05) is 12.1 Å². The van der Waals surface area contributed by atoms with Crippen molar-refractivity contribution in [2.24, 2.45) is 4.99 Å².